The number of rotatable bonds is 2. The summed E-state index contributed by atoms with van der Waals surface area (Å²) in [6, 6.07) is 4.86. The Hall–Kier alpha value is -1.26. The van der Waals surface area contributed by atoms with Crippen LogP contribution >= 0.6 is 11.6 Å². The van der Waals surface area contributed by atoms with Crippen molar-refractivity contribution in [2.45, 2.75) is 6.10 Å². The molecule has 80 valence electrons. The molecule has 1 fully saturated rings. The standard InChI is InChI=1S/C10H10ClNO3/c11-9-7(10(14)15)2-1-3-8(9)12-4-6(13)5-12/h1-3,6,13H,4-5H2,(H,14,15). The molecule has 1 heterocycles. The minimum Gasteiger partial charge on any atom is -0.478 e. The number of β-amino-alcohol motifs (C(OH)–C–C–N with tert-alkyl or cyclic N) is 1. The second kappa shape index (κ2) is 3.72. The fourth-order valence-corrected chi connectivity index (χ4v) is 1.91. The minimum atomic E-state index is -1.04. The molecule has 0 aliphatic carbocycles. The Balaban J connectivity index is 2.32. The van der Waals surface area contributed by atoms with Gasteiger partial charge in [0.2, 0.25) is 0 Å². The van der Waals surface area contributed by atoms with E-state index in [1.807, 2.05) is 4.90 Å². The number of nitrogens with zero attached hydrogens (tertiary/aromatic N) is 1. The van der Waals surface area contributed by atoms with Crippen LogP contribution in [0, 0.1) is 0 Å². The Kier molecular flexibility index (Phi) is 2.54. The molecule has 0 radical (unpaired) electrons. The van der Waals surface area contributed by atoms with Crippen molar-refractivity contribution < 1.29 is 15.0 Å². The maximum absolute atomic E-state index is 10.8. The fraction of sp³-hybridized carbons (Fsp3) is 0.300. The van der Waals surface area contributed by atoms with Gasteiger partial charge in [-0.05, 0) is 12.1 Å². The quantitative estimate of drug-likeness (QED) is 0.798. The summed E-state index contributed by atoms with van der Waals surface area (Å²) in [7, 11) is 0. The number of carboxylic acid groups (broad SMARTS) is 1. The van der Waals surface area contributed by atoms with E-state index in [1.54, 1.807) is 12.1 Å². The molecular weight excluding hydrogens is 218 g/mol. The number of aromatic carboxylic acids is 1. The van der Waals surface area contributed by atoms with Crippen molar-refractivity contribution >= 4 is 23.3 Å². The van der Waals surface area contributed by atoms with Gasteiger partial charge in [0, 0.05) is 13.1 Å². The van der Waals surface area contributed by atoms with Gasteiger partial charge in [-0.2, -0.15) is 0 Å². The van der Waals surface area contributed by atoms with Crippen molar-refractivity contribution in [3.8, 4) is 0 Å². The molecule has 1 saturated heterocycles. The summed E-state index contributed by atoms with van der Waals surface area (Å²) in [5.41, 5.74) is 0.762. The van der Waals surface area contributed by atoms with E-state index in [0.29, 0.717) is 18.8 Å². The van der Waals surface area contributed by atoms with Crippen LogP contribution in [-0.4, -0.2) is 35.4 Å². The zero-order valence-corrected chi connectivity index (χ0v) is 8.61. The first kappa shape index (κ1) is 10.3. The molecule has 4 nitrogen and oxygen atoms in total. The largest absolute Gasteiger partial charge is 0.478 e. The highest BCUT2D eigenvalue weighted by molar-refractivity contribution is 6.36. The number of carbonyl (C=O) groups is 1. The molecule has 0 bridgehead atoms. The lowest BCUT2D eigenvalue weighted by molar-refractivity contribution is 0.0697. The van der Waals surface area contributed by atoms with Crippen LogP contribution in [0.4, 0.5) is 5.69 Å². The maximum atomic E-state index is 10.8. The second-order valence-electron chi connectivity index (χ2n) is 3.50. The third-order valence-corrected chi connectivity index (χ3v) is 2.81. The smallest absolute Gasteiger partial charge is 0.337 e. The number of halogens is 1. The van der Waals surface area contributed by atoms with Crippen molar-refractivity contribution in [3.63, 3.8) is 0 Å². The van der Waals surface area contributed by atoms with E-state index < -0.39 is 5.97 Å². The van der Waals surface area contributed by atoms with Crippen LogP contribution in [0.25, 0.3) is 0 Å². The van der Waals surface area contributed by atoms with Crippen LogP contribution in [0.3, 0.4) is 0 Å². The van der Waals surface area contributed by atoms with Crippen LogP contribution in [0.1, 0.15) is 10.4 Å². The molecule has 0 saturated carbocycles. The van der Waals surface area contributed by atoms with Crippen molar-refractivity contribution in [2.24, 2.45) is 0 Å². The monoisotopic (exact) mass is 227 g/mol. The number of aliphatic hydroxyl groups excluding tert-OH is 1. The summed E-state index contributed by atoms with van der Waals surface area (Å²) < 4.78 is 0. The normalized spacial score (nSPS) is 16.3. The molecule has 1 aromatic rings. The highest BCUT2D eigenvalue weighted by Crippen LogP contribution is 2.31. The van der Waals surface area contributed by atoms with E-state index in [4.69, 9.17) is 21.8 Å². The topological polar surface area (TPSA) is 60.8 Å². The van der Waals surface area contributed by atoms with Crippen LogP contribution in [0.15, 0.2) is 18.2 Å². The molecule has 1 aliphatic heterocycles. The molecule has 15 heavy (non-hydrogen) atoms. The Morgan fingerprint density at radius 3 is 2.67 bits per heavy atom. The zero-order chi connectivity index (χ0) is 11.0. The van der Waals surface area contributed by atoms with Gasteiger partial charge >= 0.3 is 5.97 Å². The SMILES string of the molecule is O=C(O)c1cccc(N2CC(O)C2)c1Cl. The van der Waals surface area contributed by atoms with Crippen molar-refractivity contribution in [1.29, 1.82) is 0 Å². The Morgan fingerprint density at radius 2 is 2.13 bits per heavy atom. The van der Waals surface area contributed by atoms with Gasteiger partial charge in [0.1, 0.15) is 0 Å². The highest BCUT2D eigenvalue weighted by atomic mass is 35.5. The Morgan fingerprint density at radius 1 is 1.47 bits per heavy atom. The van der Waals surface area contributed by atoms with Gasteiger partial charge in [-0.25, -0.2) is 4.79 Å². The lowest BCUT2D eigenvalue weighted by Gasteiger charge is -2.38. The van der Waals surface area contributed by atoms with Crippen molar-refractivity contribution in [3.05, 3.63) is 28.8 Å². The number of hydrogen-bond acceptors (Lipinski definition) is 3. The molecule has 0 atom stereocenters. The molecule has 0 amide bonds. The third-order valence-electron chi connectivity index (χ3n) is 2.41. The van der Waals surface area contributed by atoms with Crippen molar-refractivity contribution in [2.75, 3.05) is 18.0 Å². The zero-order valence-electron chi connectivity index (χ0n) is 7.85. The van der Waals surface area contributed by atoms with Gasteiger partial charge < -0.3 is 15.1 Å². The minimum absolute atomic E-state index is 0.0931. The first-order chi connectivity index (χ1) is 7.09. The van der Waals surface area contributed by atoms with Gasteiger partial charge in [0.25, 0.3) is 0 Å². The number of hydrogen-bond donors (Lipinski definition) is 2. The Bertz CT molecular complexity index is 402. The summed E-state index contributed by atoms with van der Waals surface area (Å²) in [6.07, 6.45) is -0.338. The van der Waals surface area contributed by atoms with E-state index >= 15 is 0 Å². The Labute approximate surface area is 91.7 Å². The number of aliphatic hydroxyl groups is 1. The average Bonchev–Trinajstić information content (AvgIpc) is 2.13. The van der Waals surface area contributed by atoms with Crippen LogP contribution in [0.2, 0.25) is 5.02 Å². The summed E-state index contributed by atoms with van der Waals surface area (Å²) in [5, 5.41) is 18.2. The van der Waals surface area contributed by atoms with Gasteiger partial charge in [-0.1, -0.05) is 17.7 Å². The molecule has 0 unspecified atom stereocenters. The molecule has 0 spiro atoms. The van der Waals surface area contributed by atoms with Crippen LogP contribution < -0.4 is 4.90 Å². The summed E-state index contributed by atoms with van der Waals surface area (Å²) in [5.74, 6) is -1.04. The van der Waals surface area contributed by atoms with E-state index in [0.717, 1.165) is 0 Å². The van der Waals surface area contributed by atoms with E-state index in [1.165, 1.54) is 6.07 Å². The van der Waals surface area contributed by atoms with Crippen LogP contribution in [0.5, 0.6) is 0 Å². The van der Waals surface area contributed by atoms with E-state index in [-0.39, 0.29) is 16.7 Å². The third kappa shape index (κ3) is 1.78. The van der Waals surface area contributed by atoms with Gasteiger partial charge in [0.15, 0.2) is 0 Å². The predicted octanol–water partition coefficient (Wildman–Crippen LogP) is 1.22. The number of carboxylic acids is 1. The molecule has 2 rings (SSSR count). The lowest BCUT2D eigenvalue weighted by Crippen LogP contribution is -2.51. The number of benzene rings is 1. The molecule has 2 N–H and O–H groups in total. The summed E-state index contributed by atoms with van der Waals surface area (Å²) in [6.45, 7) is 1.01. The predicted molar refractivity (Wildman–Crippen MR) is 56.6 cm³/mol. The maximum Gasteiger partial charge on any atom is 0.337 e. The van der Waals surface area contributed by atoms with Gasteiger partial charge in [0.05, 0.1) is 22.4 Å². The molecular formula is C10H10ClNO3. The van der Waals surface area contributed by atoms with E-state index in [9.17, 15) is 4.79 Å². The first-order valence-corrected chi connectivity index (χ1v) is 4.92. The molecule has 1 aliphatic rings. The van der Waals surface area contributed by atoms with Gasteiger partial charge in [-0.15, -0.1) is 0 Å². The number of anilines is 1. The van der Waals surface area contributed by atoms with Crippen LogP contribution in [-0.2, 0) is 0 Å². The first-order valence-electron chi connectivity index (χ1n) is 4.54. The average molecular weight is 228 g/mol. The van der Waals surface area contributed by atoms with E-state index in [2.05, 4.69) is 0 Å². The lowest BCUT2D eigenvalue weighted by atomic mass is 10.1. The fourth-order valence-electron chi connectivity index (χ4n) is 1.58. The highest BCUT2D eigenvalue weighted by Gasteiger charge is 2.27. The van der Waals surface area contributed by atoms with Gasteiger partial charge in [-0.3, -0.25) is 0 Å². The molecule has 0 aromatic heterocycles. The summed E-state index contributed by atoms with van der Waals surface area (Å²) in [4.78, 5) is 12.7. The molecule has 1 aromatic carbocycles. The molecule has 5 heteroatoms. The van der Waals surface area contributed by atoms with Crippen molar-refractivity contribution in [1.82, 2.24) is 0 Å². The second-order valence-corrected chi connectivity index (χ2v) is 3.88. The summed E-state index contributed by atoms with van der Waals surface area (Å²) >= 11 is 5.95.